The van der Waals surface area contributed by atoms with Crippen LogP contribution in [0.25, 0.3) is 0 Å². The molecule has 0 radical (unpaired) electrons. The largest absolute Gasteiger partial charge is 0.373 e. The molecule has 6 nitrogen and oxygen atoms in total. The Morgan fingerprint density at radius 2 is 2.27 bits per heavy atom. The van der Waals surface area contributed by atoms with Gasteiger partial charge in [-0.25, -0.2) is 4.98 Å². The second-order valence-corrected chi connectivity index (χ2v) is 7.23. The molecule has 0 bridgehead atoms. The molecular formula is C15H20N4O2S. The van der Waals surface area contributed by atoms with Gasteiger partial charge in [0.25, 0.3) is 0 Å². The molecule has 2 aliphatic heterocycles. The van der Waals surface area contributed by atoms with Gasteiger partial charge in [0.2, 0.25) is 5.89 Å². The number of nitrogens with zero attached hydrogens (tertiary/aromatic N) is 4. The fourth-order valence-electron chi connectivity index (χ4n) is 3.51. The minimum atomic E-state index is 0.224. The molecule has 0 spiro atoms. The molecule has 2 saturated heterocycles. The molecule has 0 unspecified atom stereocenters. The van der Waals surface area contributed by atoms with Crippen LogP contribution in [0.15, 0.2) is 10.0 Å². The Morgan fingerprint density at radius 3 is 2.95 bits per heavy atom. The summed E-state index contributed by atoms with van der Waals surface area (Å²) in [6, 6.07) is 0. The van der Waals surface area contributed by atoms with Crippen molar-refractivity contribution in [1.29, 1.82) is 0 Å². The van der Waals surface area contributed by atoms with Gasteiger partial charge in [-0.05, 0) is 20.3 Å². The maximum Gasteiger partial charge on any atom is 0.229 e. The first kappa shape index (κ1) is 14.3. The van der Waals surface area contributed by atoms with E-state index < -0.39 is 0 Å². The summed E-state index contributed by atoms with van der Waals surface area (Å²) in [5.74, 6) is 2.01. The van der Waals surface area contributed by atoms with Crippen molar-refractivity contribution < 1.29 is 9.26 Å². The zero-order chi connectivity index (χ0) is 15.1. The molecule has 3 atom stereocenters. The first-order chi connectivity index (χ1) is 10.7. The summed E-state index contributed by atoms with van der Waals surface area (Å²) in [6.45, 7) is 7.06. The highest BCUT2D eigenvalue weighted by atomic mass is 32.1. The van der Waals surface area contributed by atoms with Crippen molar-refractivity contribution in [3.63, 3.8) is 0 Å². The molecular weight excluding hydrogens is 300 g/mol. The maximum absolute atomic E-state index is 6.20. The van der Waals surface area contributed by atoms with E-state index in [4.69, 9.17) is 9.26 Å². The summed E-state index contributed by atoms with van der Waals surface area (Å²) in [5, 5.41) is 3.84. The second-order valence-electron chi connectivity index (χ2n) is 6.29. The van der Waals surface area contributed by atoms with Crippen LogP contribution >= 0.6 is 11.3 Å². The minimum absolute atomic E-state index is 0.224. The summed E-state index contributed by atoms with van der Waals surface area (Å²) in [6.07, 6.45) is 2.40. The van der Waals surface area contributed by atoms with Crippen LogP contribution in [0.4, 0.5) is 0 Å². The highest BCUT2D eigenvalue weighted by molar-refractivity contribution is 7.09. The van der Waals surface area contributed by atoms with Crippen molar-refractivity contribution in [3.05, 3.63) is 27.8 Å². The quantitative estimate of drug-likeness (QED) is 0.858. The van der Waals surface area contributed by atoms with Gasteiger partial charge in [0.05, 0.1) is 29.8 Å². The lowest BCUT2D eigenvalue weighted by Gasteiger charge is -2.18. The van der Waals surface area contributed by atoms with Crippen LogP contribution in [-0.2, 0) is 17.7 Å². The number of thiazole rings is 1. The van der Waals surface area contributed by atoms with Gasteiger partial charge < -0.3 is 9.26 Å². The summed E-state index contributed by atoms with van der Waals surface area (Å²) in [4.78, 5) is 12.5. The molecule has 2 fully saturated rings. The number of fused-ring (bicyclic) bond motifs is 1. The fraction of sp³-hybridized carbons (Fsp3) is 0.667. The topological polar surface area (TPSA) is 64.3 Å². The number of hydrogen-bond acceptors (Lipinski definition) is 7. The van der Waals surface area contributed by atoms with Gasteiger partial charge >= 0.3 is 0 Å². The minimum Gasteiger partial charge on any atom is -0.373 e. The molecule has 22 heavy (non-hydrogen) atoms. The van der Waals surface area contributed by atoms with Crippen LogP contribution in [-0.4, -0.2) is 45.3 Å². The Balaban J connectivity index is 1.31. The molecule has 0 aliphatic carbocycles. The zero-order valence-corrected chi connectivity index (χ0v) is 13.7. The molecule has 2 aromatic rings. The van der Waals surface area contributed by atoms with Gasteiger partial charge in [0, 0.05) is 30.4 Å². The van der Waals surface area contributed by atoms with Gasteiger partial charge in [-0.2, -0.15) is 4.98 Å². The van der Waals surface area contributed by atoms with Crippen LogP contribution < -0.4 is 0 Å². The van der Waals surface area contributed by atoms with E-state index in [9.17, 15) is 0 Å². The predicted molar refractivity (Wildman–Crippen MR) is 81.6 cm³/mol. The molecule has 2 aliphatic rings. The summed E-state index contributed by atoms with van der Waals surface area (Å²) < 4.78 is 11.4. The van der Waals surface area contributed by atoms with Crippen molar-refractivity contribution in [1.82, 2.24) is 20.0 Å². The maximum atomic E-state index is 6.20. The van der Waals surface area contributed by atoms with Crippen molar-refractivity contribution in [2.45, 2.75) is 45.4 Å². The van der Waals surface area contributed by atoms with Crippen molar-refractivity contribution >= 4 is 11.3 Å². The molecule has 0 amide bonds. The monoisotopic (exact) mass is 320 g/mol. The Kier molecular flexibility index (Phi) is 3.71. The standard InChI is InChI=1S/C15H20N4O2S/c1-9-14(22-8-16-9)7-19-5-11-3-12(20-13(11)6-19)4-15-17-10(2)18-21-15/h8,11-13H,3-7H2,1-2H3/t11-,12-,13+/m0/s1. The highest BCUT2D eigenvalue weighted by Gasteiger charge is 2.42. The third-order valence-electron chi connectivity index (χ3n) is 4.57. The molecule has 0 aromatic carbocycles. The van der Waals surface area contributed by atoms with Crippen molar-refractivity contribution in [2.24, 2.45) is 5.92 Å². The number of aryl methyl sites for hydroxylation is 2. The molecule has 118 valence electrons. The van der Waals surface area contributed by atoms with E-state index in [-0.39, 0.29) is 6.10 Å². The van der Waals surface area contributed by atoms with Crippen LogP contribution in [0.5, 0.6) is 0 Å². The lowest BCUT2D eigenvalue weighted by Crippen LogP contribution is -2.25. The number of aromatic nitrogens is 3. The average Bonchev–Trinajstić information content (AvgIpc) is 3.19. The third kappa shape index (κ3) is 2.80. The molecule has 0 saturated carbocycles. The van der Waals surface area contributed by atoms with Crippen LogP contribution in [0.1, 0.15) is 28.7 Å². The van der Waals surface area contributed by atoms with Gasteiger partial charge in [-0.3, -0.25) is 4.90 Å². The van der Waals surface area contributed by atoms with E-state index in [0.717, 1.165) is 38.2 Å². The van der Waals surface area contributed by atoms with E-state index in [1.165, 1.54) is 4.88 Å². The first-order valence-corrected chi connectivity index (χ1v) is 8.61. The van der Waals surface area contributed by atoms with Crippen LogP contribution in [0, 0.1) is 19.8 Å². The van der Waals surface area contributed by atoms with E-state index >= 15 is 0 Å². The number of hydrogen-bond donors (Lipinski definition) is 0. The number of likely N-dealkylation sites (tertiary alicyclic amines) is 1. The number of ether oxygens (including phenoxy) is 1. The molecule has 7 heteroatoms. The first-order valence-electron chi connectivity index (χ1n) is 7.73. The van der Waals surface area contributed by atoms with Gasteiger partial charge in [-0.1, -0.05) is 5.16 Å². The Hall–Kier alpha value is -1.31. The van der Waals surface area contributed by atoms with Gasteiger partial charge in [0.1, 0.15) is 0 Å². The van der Waals surface area contributed by atoms with Crippen LogP contribution in [0.3, 0.4) is 0 Å². The third-order valence-corrected chi connectivity index (χ3v) is 5.49. The lowest BCUT2D eigenvalue weighted by molar-refractivity contribution is 0.0344. The fourth-order valence-corrected chi connectivity index (χ4v) is 4.33. The zero-order valence-electron chi connectivity index (χ0n) is 12.9. The smallest absolute Gasteiger partial charge is 0.229 e. The van der Waals surface area contributed by atoms with E-state index in [1.807, 2.05) is 12.4 Å². The Morgan fingerprint density at radius 1 is 1.36 bits per heavy atom. The molecule has 0 N–H and O–H groups in total. The van der Waals surface area contributed by atoms with E-state index in [0.29, 0.717) is 23.7 Å². The summed E-state index contributed by atoms with van der Waals surface area (Å²) in [5.41, 5.74) is 3.09. The average molecular weight is 320 g/mol. The second kappa shape index (κ2) is 5.72. The van der Waals surface area contributed by atoms with Crippen molar-refractivity contribution in [3.8, 4) is 0 Å². The lowest BCUT2D eigenvalue weighted by atomic mass is 10.0. The highest BCUT2D eigenvalue weighted by Crippen LogP contribution is 2.35. The van der Waals surface area contributed by atoms with Crippen molar-refractivity contribution in [2.75, 3.05) is 13.1 Å². The normalized spacial score (nSPS) is 28.4. The van der Waals surface area contributed by atoms with E-state index in [1.54, 1.807) is 11.3 Å². The Bertz CT molecular complexity index is 642. The summed E-state index contributed by atoms with van der Waals surface area (Å²) in [7, 11) is 0. The predicted octanol–water partition coefficient (Wildman–Crippen LogP) is 1.97. The Labute approximate surface area is 133 Å². The SMILES string of the molecule is Cc1noc(C[C@@H]2C[C@H]3CN(Cc4scnc4C)C[C@H]3O2)n1. The molecule has 2 aromatic heterocycles. The number of rotatable bonds is 4. The van der Waals surface area contributed by atoms with Gasteiger partial charge in [-0.15, -0.1) is 11.3 Å². The van der Waals surface area contributed by atoms with E-state index in [2.05, 4.69) is 26.9 Å². The summed E-state index contributed by atoms with van der Waals surface area (Å²) >= 11 is 1.75. The van der Waals surface area contributed by atoms with Gasteiger partial charge in [0.15, 0.2) is 5.82 Å². The van der Waals surface area contributed by atoms with Crippen LogP contribution in [0.2, 0.25) is 0 Å². The molecule has 4 rings (SSSR count). The molecule has 4 heterocycles.